The summed E-state index contributed by atoms with van der Waals surface area (Å²) in [6.45, 7) is 2.62. The molecule has 2 unspecified atom stereocenters. The first-order valence-electron chi connectivity index (χ1n) is 5.12. The minimum atomic E-state index is -0.626. The van der Waals surface area contributed by atoms with Crippen LogP contribution in [0, 0.1) is 5.41 Å². The number of carbonyl (C=O) groups excluding carboxylic acids is 1. The van der Waals surface area contributed by atoms with Gasteiger partial charge in [0, 0.05) is 6.04 Å². The molecule has 2 atom stereocenters. The van der Waals surface area contributed by atoms with E-state index in [1.165, 1.54) is 4.80 Å². The zero-order valence-electron chi connectivity index (χ0n) is 9.38. The molecule has 0 bridgehead atoms. The fourth-order valence-corrected chi connectivity index (χ4v) is 1.72. The summed E-state index contributed by atoms with van der Waals surface area (Å²) < 4.78 is 5.23. The summed E-state index contributed by atoms with van der Waals surface area (Å²) in [6, 6.07) is -0.253. The summed E-state index contributed by atoms with van der Waals surface area (Å²) in [5.41, 5.74) is 5.24. The summed E-state index contributed by atoms with van der Waals surface area (Å²) in [5.74, 6) is 0.429. The molecule has 0 aromatic carbocycles. The molecule has 2 heterocycles. The standard InChI is InChI=1S/C9H15N5O2/c1-9(5-16-4-6(9)10)7(15)3-8-11-13-14(2)12-8/h6H,3-5,10H2,1-2H3. The summed E-state index contributed by atoms with van der Waals surface area (Å²) >= 11 is 0. The Morgan fingerprint density at radius 2 is 2.50 bits per heavy atom. The maximum Gasteiger partial charge on any atom is 0.182 e. The van der Waals surface area contributed by atoms with Gasteiger partial charge in [-0.2, -0.15) is 4.80 Å². The largest absolute Gasteiger partial charge is 0.379 e. The Balaban J connectivity index is 2.08. The molecule has 1 aliphatic heterocycles. The third-order valence-electron chi connectivity index (χ3n) is 3.02. The van der Waals surface area contributed by atoms with E-state index in [1.54, 1.807) is 7.05 Å². The number of aromatic nitrogens is 4. The van der Waals surface area contributed by atoms with Crippen LogP contribution in [0.2, 0.25) is 0 Å². The number of carbonyl (C=O) groups is 1. The van der Waals surface area contributed by atoms with Crippen LogP contribution in [-0.2, 0) is 23.0 Å². The van der Waals surface area contributed by atoms with E-state index in [4.69, 9.17) is 10.5 Å². The normalized spacial score (nSPS) is 29.6. The fraction of sp³-hybridized carbons (Fsp3) is 0.778. The van der Waals surface area contributed by atoms with Crippen molar-refractivity contribution in [3.63, 3.8) is 0 Å². The van der Waals surface area contributed by atoms with Crippen LogP contribution < -0.4 is 5.73 Å². The summed E-state index contributed by atoms with van der Waals surface area (Å²) in [5, 5.41) is 11.4. The summed E-state index contributed by atoms with van der Waals surface area (Å²) in [7, 11) is 1.66. The first-order chi connectivity index (χ1) is 7.52. The van der Waals surface area contributed by atoms with E-state index < -0.39 is 5.41 Å². The number of aryl methyl sites for hydroxylation is 1. The first kappa shape index (κ1) is 11.2. The van der Waals surface area contributed by atoms with E-state index >= 15 is 0 Å². The zero-order chi connectivity index (χ0) is 11.8. The van der Waals surface area contributed by atoms with Crippen LogP contribution in [0.3, 0.4) is 0 Å². The average molecular weight is 225 g/mol. The van der Waals surface area contributed by atoms with E-state index in [1.807, 2.05) is 6.92 Å². The van der Waals surface area contributed by atoms with Crippen molar-refractivity contribution < 1.29 is 9.53 Å². The molecule has 2 rings (SSSR count). The number of ketones is 1. The van der Waals surface area contributed by atoms with Crippen molar-refractivity contribution in [1.82, 2.24) is 20.2 Å². The SMILES string of the molecule is Cn1nnc(CC(=O)C2(C)COCC2N)n1. The van der Waals surface area contributed by atoms with Gasteiger partial charge in [0.15, 0.2) is 5.82 Å². The Hall–Kier alpha value is -1.34. The van der Waals surface area contributed by atoms with Crippen molar-refractivity contribution in [2.45, 2.75) is 19.4 Å². The van der Waals surface area contributed by atoms with Crippen molar-refractivity contribution in [2.24, 2.45) is 18.2 Å². The molecule has 1 aliphatic rings. The van der Waals surface area contributed by atoms with Gasteiger partial charge in [0.1, 0.15) is 5.78 Å². The third kappa shape index (κ3) is 1.83. The van der Waals surface area contributed by atoms with Gasteiger partial charge in [-0.05, 0) is 12.1 Å². The van der Waals surface area contributed by atoms with Gasteiger partial charge in [-0.15, -0.1) is 10.2 Å². The molecule has 16 heavy (non-hydrogen) atoms. The van der Waals surface area contributed by atoms with Crippen molar-refractivity contribution in [3.05, 3.63) is 5.82 Å². The van der Waals surface area contributed by atoms with Gasteiger partial charge in [0.25, 0.3) is 0 Å². The van der Waals surface area contributed by atoms with Crippen LogP contribution in [0.15, 0.2) is 0 Å². The molecule has 1 aromatic rings. The molecule has 0 aliphatic carbocycles. The Morgan fingerprint density at radius 3 is 3.00 bits per heavy atom. The fourth-order valence-electron chi connectivity index (χ4n) is 1.72. The molecular weight excluding hydrogens is 210 g/mol. The van der Waals surface area contributed by atoms with Gasteiger partial charge in [-0.3, -0.25) is 4.79 Å². The number of hydrogen-bond donors (Lipinski definition) is 1. The molecule has 2 N–H and O–H groups in total. The number of Topliss-reactive ketones (excluding diaryl/α,β-unsaturated/α-hetero) is 1. The number of hydrogen-bond acceptors (Lipinski definition) is 6. The van der Waals surface area contributed by atoms with Gasteiger partial charge in [-0.25, -0.2) is 0 Å². The van der Waals surface area contributed by atoms with Crippen LogP contribution in [0.4, 0.5) is 0 Å². The molecule has 7 nitrogen and oxygen atoms in total. The molecular formula is C9H15N5O2. The number of tetrazole rings is 1. The number of nitrogens with two attached hydrogens (primary N) is 1. The van der Waals surface area contributed by atoms with E-state index in [2.05, 4.69) is 15.4 Å². The van der Waals surface area contributed by atoms with Gasteiger partial charge in [0.05, 0.1) is 32.1 Å². The highest BCUT2D eigenvalue weighted by atomic mass is 16.5. The lowest BCUT2D eigenvalue weighted by atomic mass is 9.80. The van der Waals surface area contributed by atoms with Crippen LogP contribution in [0.25, 0.3) is 0 Å². The van der Waals surface area contributed by atoms with Crippen LogP contribution in [0.1, 0.15) is 12.7 Å². The van der Waals surface area contributed by atoms with Crippen molar-refractivity contribution >= 4 is 5.78 Å². The Kier molecular flexibility index (Phi) is 2.73. The van der Waals surface area contributed by atoms with Crippen molar-refractivity contribution in [3.8, 4) is 0 Å². The van der Waals surface area contributed by atoms with Gasteiger partial charge < -0.3 is 10.5 Å². The Bertz CT molecular complexity index is 404. The van der Waals surface area contributed by atoms with Crippen LogP contribution >= 0.6 is 0 Å². The second-order valence-corrected chi connectivity index (χ2v) is 4.33. The van der Waals surface area contributed by atoms with Crippen molar-refractivity contribution in [2.75, 3.05) is 13.2 Å². The minimum absolute atomic E-state index is 0.00509. The molecule has 1 aromatic heterocycles. The number of ether oxygens (including phenoxy) is 1. The molecule has 1 saturated heterocycles. The van der Waals surface area contributed by atoms with Gasteiger partial charge >= 0.3 is 0 Å². The van der Waals surface area contributed by atoms with Crippen LogP contribution in [0.5, 0.6) is 0 Å². The van der Waals surface area contributed by atoms with E-state index in [0.717, 1.165) is 0 Å². The van der Waals surface area contributed by atoms with E-state index in [-0.39, 0.29) is 18.2 Å². The third-order valence-corrected chi connectivity index (χ3v) is 3.02. The highest BCUT2D eigenvalue weighted by Gasteiger charge is 2.44. The maximum atomic E-state index is 12.1. The first-order valence-corrected chi connectivity index (χ1v) is 5.12. The highest BCUT2D eigenvalue weighted by molar-refractivity contribution is 5.87. The van der Waals surface area contributed by atoms with Gasteiger partial charge in [-0.1, -0.05) is 0 Å². The maximum absolute atomic E-state index is 12.1. The zero-order valence-corrected chi connectivity index (χ0v) is 9.38. The van der Waals surface area contributed by atoms with E-state index in [0.29, 0.717) is 19.0 Å². The summed E-state index contributed by atoms with van der Waals surface area (Å²) in [6.07, 6.45) is 0.154. The molecule has 0 saturated carbocycles. The Morgan fingerprint density at radius 1 is 1.75 bits per heavy atom. The molecule has 0 radical (unpaired) electrons. The highest BCUT2D eigenvalue weighted by Crippen LogP contribution is 2.28. The molecule has 7 heteroatoms. The predicted molar refractivity (Wildman–Crippen MR) is 54.4 cm³/mol. The number of rotatable bonds is 3. The van der Waals surface area contributed by atoms with E-state index in [9.17, 15) is 4.79 Å². The second-order valence-electron chi connectivity index (χ2n) is 4.33. The summed E-state index contributed by atoms with van der Waals surface area (Å²) in [4.78, 5) is 13.4. The molecule has 0 amide bonds. The molecule has 0 spiro atoms. The number of nitrogens with zero attached hydrogens (tertiary/aromatic N) is 4. The second kappa shape index (κ2) is 3.91. The lowest BCUT2D eigenvalue weighted by Crippen LogP contribution is -2.45. The topological polar surface area (TPSA) is 95.9 Å². The average Bonchev–Trinajstić information content (AvgIpc) is 2.76. The smallest absolute Gasteiger partial charge is 0.182 e. The predicted octanol–water partition coefficient (Wildman–Crippen LogP) is -1.31. The quantitative estimate of drug-likeness (QED) is 0.685. The van der Waals surface area contributed by atoms with Crippen molar-refractivity contribution in [1.29, 1.82) is 0 Å². The Labute approximate surface area is 92.9 Å². The minimum Gasteiger partial charge on any atom is -0.379 e. The monoisotopic (exact) mass is 225 g/mol. The lowest BCUT2D eigenvalue weighted by Gasteiger charge is -2.24. The lowest BCUT2D eigenvalue weighted by molar-refractivity contribution is -0.127. The van der Waals surface area contributed by atoms with Gasteiger partial charge in [0.2, 0.25) is 0 Å². The molecule has 1 fully saturated rings. The van der Waals surface area contributed by atoms with Crippen LogP contribution in [-0.4, -0.2) is 45.2 Å². The molecule has 88 valence electrons.